The van der Waals surface area contributed by atoms with Gasteiger partial charge in [0.2, 0.25) is 0 Å². The Hall–Kier alpha value is -1.27. The van der Waals surface area contributed by atoms with Crippen LogP contribution in [0.2, 0.25) is 5.15 Å². The van der Waals surface area contributed by atoms with E-state index in [-0.39, 0.29) is 6.04 Å². The number of hydrogen-bond donors (Lipinski definition) is 1. The Morgan fingerprint density at radius 3 is 2.80 bits per heavy atom. The van der Waals surface area contributed by atoms with Crippen LogP contribution in [0.3, 0.4) is 0 Å². The highest BCUT2D eigenvalue weighted by Gasteiger charge is 2.05. The zero-order chi connectivity index (χ0) is 11.3. The molecular formula is C11H14ClN3. The fraction of sp³-hybridized carbons (Fsp3) is 0.455. The topological polar surface area (TPSA) is 37.8 Å². The van der Waals surface area contributed by atoms with E-state index in [1.54, 1.807) is 6.07 Å². The van der Waals surface area contributed by atoms with Gasteiger partial charge in [-0.25, -0.2) is 9.97 Å². The molecule has 1 aromatic rings. The fourth-order valence-corrected chi connectivity index (χ4v) is 1.34. The molecule has 0 saturated carbocycles. The smallest absolute Gasteiger partial charge is 0.134 e. The second-order valence-electron chi connectivity index (χ2n) is 3.12. The third-order valence-corrected chi connectivity index (χ3v) is 2.18. The molecule has 1 atom stereocenters. The number of terminal acetylenes is 1. The van der Waals surface area contributed by atoms with Gasteiger partial charge in [-0.1, -0.05) is 31.4 Å². The van der Waals surface area contributed by atoms with Gasteiger partial charge in [-0.2, -0.15) is 0 Å². The molecule has 0 aliphatic carbocycles. The molecule has 0 spiro atoms. The molecule has 0 saturated heterocycles. The molecule has 0 aliphatic rings. The molecule has 0 radical (unpaired) electrons. The van der Waals surface area contributed by atoms with E-state index in [4.69, 9.17) is 18.0 Å². The zero-order valence-corrected chi connectivity index (χ0v) is 9.67. The summed E-state index contributed by atoms with van der Waals surface area (Å²) in [5, 5.41) is 3.56. The highest BCUT2D eigenvalue weighted by molar-refractivity contribution is 6.29. The van der Waals surface area contributed by atoms with Crippen LogP contribution in [0.15, 0.2) is 6.07 Å². The predicted molar refractivity (Wildman–Crippen MR) is 63.0 cm³/mol. The average Bonchev–Trinajstić information content (AvgIpc) is 2.25. The minimum atomic E-state index is -0.0133. The van der Waals surface area contributed by atoms with E-state index in [0.29, 0.717) is 11.0 Å². The van der Waals surface area contributed by atoms with Gasteiger partial charge in [0.05, 0.1) is 6.04 Å². The van der Waals surface area contributed by atoms with Crippen LogP contribution in [0.5, 0.6) is 0 Å². The number of anilines is 1. The van der Waals surface area contributed by atoms with Gasteiger partial charge in [-0.05, 0) is 6.42 Å². The first-order valence-electron chi connectivity index (χ1n) is 4.95. The van der Waals surface area contributed by atoms with Crippen molar-refractivity contribution >= 4 is 17.4 Å². The maximum atomic E-state index is 5.86. The molecule has 15 heavy (non-hydrogen) atoms. The van der Waals surface area contributed by atoms with Crippen molar-refractivity contribution in [3.8, 4) is 12.3 Å². The molecule has 1 unspecified atom stereocenters. The molecule has 1 rings (SSSR count). The summed E-state index contributed by atoms with van der Waals surface area (Å²) >= 11 is 5.86. The van der Waals surface area contributed by atoms with Crippen LogP contribution in [0, 0.1) is 12.3 Å². The predicted octanol–water partition coefficient (Wildman–Crippen LogP) is 2.52. The maximum absolute atomic E-state index is 5.86. The quantitative estimate of drug-likeness (QED) is 0.630. The summed E-state index contributed by atoms with van der Waals surface area (Å²) in [4.78, 5) is 8.36. The van der Waals surface area contributed by atoms with E-state index in [1.165, 1.54) is 0 Å². The van der Waals surface area contributed by atoms with Crippen LogP contribution in [0.1, 0.15) is 26.1 Å². The molecule has 3 nitrogen and oxygen atoms in total. The molecule has 0 aromatic carbocycles. The summed E-state index contributed by atoms with van der Waals surface area (Å²) in [5.74, 6) is 4.05. The van der Waals surface area contributed by atoms with Gasteiger partial charge < -0.3 is 5.32 Å². The maximum Gasteiger partial charge on any atom is 0.134 e. The molecule has 0 bridgehead atoms. The van der Waals surface area contributed by atoms with E-state index >= 15 is 0 Å². The summed E-state index contributed by atoms with van der Waals surface area (Å²) in [7, 11) is 0. The van der Waals surface area contributed by atoms with Gasteiger partial charge in [0.15, 0.2) is 0 Å². The van der Waals surface area contributed by atoms with Gasteiger partial charge in [0.25, 0.3) is 0 Å². The SMILES string of the molecule is C#CC(CC)Nc1cc(Cl)nc(CC)n1. The van der Waals surface area contributed by atoms with Crippen molar-refractivity contribution in [2.45, 2.75) is 32.7 Å². The second kappa shape index (κ2) is 5.57. The molecule has 1 aromatic heterocycles. The highest BCUT2D eigenvalue weighted by Crippen LogP contribution is 2.13. The first kappa shape index (κ1) is 11.8. The van der Waals surface area contributed by atoms with Crippen molar-refractivity contribution in [3.05, 3.63) is 17.0 Å². The first-order chi connectivity index (χ1) is 7.19. The third kappa shape index (κ3) is 3.41. The van der Waals surface area contributed by atoms with Gasteiger partial charge in [-0.15, -0.1) is 6.42 Å². The van der Waals surface area contributed by atoms with Crippen LogP contribution in [-0.2, 0) is 6.42 Å². The number of aryl methyl sites for hydroxylation is 1. The summed E-state index contributed by atoms with van der Waals surface area (Å²) in [6.45, 7) is 4.00. The van der Waals surface area contributed by atoms with Crippen molar-refractivity contribution in [1.29, 1.82) is 0 Å². The largest absolute Gasteiger partial charge is 0.356 e. The van der Waals surface area contributed by atoms with Crippen LogP contribution >= 0.6 is 11.6 Å². The Labute approximate surface area is 95.3 Å². The number of nitrogens with zero attached hydrogens (tertiary/aromatic N) is 2. The highest BCUT2D eigenvalue weighted by atomic mass is 35.5. The molecule has 0 aliphatic heterocycles. The Bertz CT molecular complexity index is 371. The molecule has 0 amide bonds. The first-order valence-corrected chi connectivity index (χ1v) is 5.33. The third-order valence-electron chi connectivity index (χ3n) is 1.99. The van der Waals surface area contributed by atoms with E-state index in [0.717, 1.165) is 18.7 Å². The van der Waals surface area contributed by atoms with Crippen molar-refractivity contribution in [2.24, 2.45) is 0 Å². The lowest BCUT2D eigenvalue weighted by atomic mass is 10.2. The fourth-order valence-electron chi connectivity index (χ4n) is 1.14. The van der Waals surface area contributed by atoms with Crippen LogP contribution < -0.4 is 5.32 Å². The Balaban J connectivity index is 2.85. The van der Waals surface area contributed by atoms with Crippen molar-refractivity contribution < 1.29 is 0 Å². The van der Waals surface area contributed by atoms with Crippen LogP contribution in [0.25, 0.3) is 0 Å². The lowest BCUT2D eigenvalue weighted by Gasteiger charge is -2.11. The molecule has 4 heteroatoms. The zero-order valence-electron chi connectivity index (χ0n) is 8.92. The van der Waals surface area contributed by atoms with E-state index in [2.05, 4.69) is 21.2 Å². The van der Waals surface area contributed by atoms with Crippen molar-refractivity contribution in [1.82, 2.24) is 9.97 Å². The molecule has 80 valence electrons. The molecule has 0 fully saturated rings. The number of nitrogens with one attached hydrogen (secondary N) is 1. The van der Waals surface area contributed by atoms with E-state index in [9.17, 15) is 0 Å². The van der Waals surface area contributed by atoms with Gasteiger partial charge in [0, 0.05) is 12.5 Å². The minimum Gasteiger partial charge on any atom is -0.356 e. The number of aromatic nitrogens is 2. The lowest BCUT2D eigenvalue weighted by Crippen LogP contribution is -2.17. The minimum absolute atomic E-state index is 0.0133. The second-order valence-corrected chi connectivity index (χ2v) is 3.50. The lowest BCUT2D eigenvalue weighted by molar-refractivity contribution is 0.840. The van der Waals surface area contributed by atoms with Crippen molar-refractivity contribution in [3.63, 3.8) is 0 Å². The average molecular weight is 224 g/mol. The summed E-state index contributed by atoms with van der Waals surface area (Å²) < 4.78 is 0. The normalized spacial score (nSPS) is 11.9. The van der Waals surface area contributed by atoms with Crippen molar-refractivity contribution in [2.75, 3.05) is 5.32 Å². The number of halogens is 1. The van der Waals surface area contributed by atoms with Gasteiger partial charge in [-0.3, -0.25) is 0 Å². The van der Waals surface area contributed by atoms with Crippen LogP contribution in [-0.4, -0.2) is 16.0 Å². The number of hydrogen-bond acceptors (Lipinski definition) is 3. The van der Waals surface area contributed by atoms with E-state index in [1.807, 2.05) is 13.8 Å². The molecule has 1 N–H and O–H groups in total. The Morgan fingerprint density at radius 1 is 1.53 bits per heavy atom. The molecular weight excluding hydrogens is 210 g/mol. The summed E-state index contributed by atoms with van der Waals surface area (Å²) in [5.41, 5.74) is 0. The summed E-state index contributed by atoms with van der Waals surface area (Å²) in [6.07, 6.45) is 6.95. The Morgan fingerprint density at radius 2 is 2.27 bits per heavy atom. The monoisotopic (exact) mass is 223 g/mol. The van der Waals surface area contributed by atoms with E-state index < -0.39 is 0 Å². The standard InChI is InChI=1S/C11H14ClN3/c1-4-8(5-2)13-11-7-9(12)14-10(6-3)15-11/h1,7-8H,5-6H2,2-3H3,(H,13,14,15). The van der Waals surface area contributed by atoms with Crippen LogP contribution in [0.4, 0.5) is 5.82 Å². The van der Waals surface area contributed by atoms with Gasteiger partial charge in [0.1, 0.15) is 16.8 Å². The Kier molecular flexibility index (Phi) is 4.38. The molecule has 1 heterocycles. The van der Waals surface area contributed by atoms with Gasteiger partial charge >= 0.3 is 0 Å². The number of rotatable bonds is 4. The summed E-state index contributed by atoms with van der Waals surface area (Å²) in [6, 6.07) is 1.67.